The van der Waals surface area contributed by atoms with Gasteiger partial charge in [-0.15, -0.1) is 0 Å². The van der Waals surface area contributed by atoms with Gasteiger partial charge in [0.1, 0.15) is 0 Å². The van der Waals surface area contributed by atoms with Crippen LogP contribution < -0.4 is 5.32 Å². The summed E-state index contributed by atoms with van der Waals surface area (Å²) < 4.78 is 0. The summed E-state index contributed by atoms with van der Waals surface area (Å²) in [7, 11) is 0. The molecule has 0 saturated heterocycles. The van der Waals surface area contributed by atoms with E-state index in [2.05, 4.69) is 5.32 Å². The van der Waals surface area contributed by atoms with Gasteiger partial charge in [-0.1, -0.05) is 23.8 Å². The molecule has 0 aromatic heterocycles. The Morgan fingerprint density at radius 3 is 2.35 bits per heavy atom. The molecule has 0 radical (unpaired) electrons. The first-order valence-electron chi connectivity index (χ1n) is 6.40. The summed E-state index contributed by atoms with van der Waals surface area (Å²) in [6.07, 6.45) is 0. The van der Waals surface area contributed by atoms with Crippen LogP contribution in [0.4, 0.5) is 5.69 Å². The average Bonchev–Trinajstić information content (AvgIpc) is 2.42. The van der Waals surface area contributed by atoms with Crippen molar-refractivity contribution in [3.8, 4) is 6.07 Å². The van der Waals surface area contributed by atoms with Crippen molar-refractivity contribution in [2.24, 2.45) is 0 Å². The van der Waals surface area contributed by atoms with Gasteiger partial charge in [0.15, 0.2) is 0 Å². The third kappa shape index (κ3) is 2.86. The van der Waals surface area contributed by atoms with Gasteiger partial charge in [-0.3, -0.25) is 4.79 Å². The molecule has 0 saturated carbocycles. The summed E-state index contributed by atoms with van der Waals surface area (Å²) in [6, 6.07) is 12.8. The highest BCUT2D eigenvalue weighted by Crippen LogP contribution is 2.22. The molecule has 2 rings (SSSR count). The molecule has 100 valence electrons. The fourth-order valence-electron chi connectivity index (χ4n) is 2.29. The zero-order valence-corrected chi connectivity index (χ0v) is 11.8. The molecule has 0 aliphatic carbocycles. The van der Waals surface area contributed by atoms with Crippen LogP contribution in [-0.4, -0.2) is 5.91 Å². The fraction of sp³-hybridized carbons (Fsp3) is 0.176. The molecule has 2 aromatic rings. The van der Waals surface area contributed by atoms with Gasteiger partial charge < -0.3 is 5.32 Å². The van der Waals surface area contributed by atoms with Crippen LogP contribution in [0.25, 0.3) is 0 Å². The first-order valence-corrected chi connectivity index (χ1v) is 6.40. The Bertz CT molecular complexity index is 688. The summed E-state index contributed by atoms with van der Waals surface area (Å²) in [5.74, 6) is -0.197. The largest absolute Gasteiger partial charge is 0.322 e. The SMILES string of the molecule is Cc1cc(C)c(NC(=O)c2cccc(C#N)c2)c(C)c1. The van der Waals surface area contributed by atoms with E-state index in [1.165, 1.54) is 5.56 Å². The summed E-state index contributed by atoms with van der Waals surface area (Å²) in [6.45, 7) is 5.98. The molecule has 0 fully saturated rings. The van der Waals surface area contributed by atoms with Crippen LogP contribution in [0.2, 0.25) is 0 Å². The second-order valence-electron chi connectivity index (χ2n) is 4.92. The predicted molar refractivity (Wildman–Crippen MR) is 79.8 cm³/mol. The highest BCUT2D eigenvalue weighted by atomic mass is 16.1. The third-order valence-corrected chi connectivity index (χ3v) is 3.17. The lowest BCUT2D eigenvalue weighted by Crippen LogP contribution is -2.14. The first-order chi connectivity index (χ1) is 9.51. The molecule has 0 aliphatic heterocycles. The summed E-state index contributed by atoms with van der Waals surface area (Å²) >= 11 is 0. The van der Waals surface area contributed by atoms with Gasteiger partial charge in [-0.2, -0.15) is 5.26 Å². The molecule has 0 unspecified atom stereocenters. The molecule has 2 aromatic carbocycles. The van der Waals surface area contributed by atoms with E-state index in [1.807, 2.05) is 39.0 Å². The van der Waals surface area contributed by atoms with Crippen LogP contribution in [-0.2, 0) is 0 Å². The molecule has 0 aliphatic rings. The Morgan fingerprint density at radius 2 is 1.75 bits per heavy atom. The molecule has 20 heavy (non-hydrogen) atoms. The van der Waals surface area contributed by atoms with Crippen LogP contribution >= 0.6 is 0 Å². The number of nitrogens with one attached hydrogen (secondary N) is 1. The number of nitriles is 1. The molecule has 0 bridgehead atoms. The summed E-state index contributed by atoms with van der Waals surface area (Å²) in [5, 5.41) is 11.8. The Morgan fingerprint density at radius 1 is 1.10 bits per heavy atom. The lowest BCUT2D eigenvalue weighted by atomic mass is 10.0. The normalized spacial score (nSPS) is 9.90. The van der Waals surface area contributed by atoms with E-state index in [0.717, 1.165) is 16.8 Å². The van der Waals surface area contributed by atoms with Gasteiger partial charge in [0.2, 0.25) is 0 Å². The number of hydrogen-bond donors (Lipinski definition) is 1. The maximum absolute atomic E-state index is 12.3. The number of carbonyl (C=O) groups is 1. The van der Waals surface area contributed by atoms with E-state index in [9.17, 15) is 4.79 Å². The minimum absolute atomic E-state index is 0.197. The van der Waals surface area contributed by atoms with Gasteiger partial charge in [0.25, 0.3) is 5.91 Å². The van der Waals surface area contributed by atoms with E-state index in [1.54, 1.807) is 24.3 Å². The van der Waals surface area contributed by atoms with E-state index >= 15 is 0 Å². The third-order valence-electron chi connectivity index (χ3n) is 3.17. The molecule has 3 nitrogen and oxygen atoms in total. The molecular weight excluding hydrogens is 248 g/mol. The van der Waals surface area contributed by atoms with Crippen LogP contribution in [0.5, 0.6) is 0 Å². The number of benzene rings is 2. The standard InChI is InChI=1S/C17H16N2O/c1-11-7-12(2)16(13(3)8-11)19-17(20)15-6-4-5-14(9-15)10-18/h4-9H,1-3H3,(H,19,20). The van der Waals surface area contributed by atoms with E-state index in [0.29, 0.717) is 11.1 Å². The smallest absolute Gasteiger partial charge is 0.255 e. The van der Waals surface area contributed by atoms with E-state index < -0.39 is 0 Å². The quantitative estimate of drug-likeness (QED) is 0.898. The molecule has 1 amide bonds. The zero-order chi connectivity index (χ0) is 14.7. The molecule has 0 heterocycles. The van der Waals surface area contributed by atoms with Gasteiger partial charge in [0.05, 0.1) is 11.6 Å². The second-order valence-corrected chi connectivity index (χ2v) is 4.92. The summed E-state index contributed by atoms with van der Waals surface area (Å²) in [5.41, 5.74) is 5.05. The number of aryl methyl sites for hydroxylation is 3. The molecule has 0 spiro atoms. The van der Waals surface area contributed by atoms with Crippen LogP contribution in [0, 0.1) is 32.1 Å². The topological polar surface area (TPSA) is 52.9 Å². The first kappa shape index (κ1) is 13.8. The number of carbonyl (C=O) groups excluding carboxylic acids is 1. The van der Waals surface area contributed by atoms with Crippen molar-refractivity contribution in [2.75, 3.05) is 5.32 Å². The van der Waals surface area contributed by atoms with Crippen molar-refractivity contribution in [3.05, 3.63) is 64.2 Å². The molecule has 3 heteroatoms. The van der Waals surface area contributed by atoms with Crippen molar-refractivity contribution in [1.29, 1.82) is 5.26 Å². The number of nitrogens with zero attached hydrogens (tertiary/aromatic N) is 1. The number of rotatable bonds is 2. The minimum Gasteiger partial charge on any atom is -0.322 e. The fourth-order valence-corrected chi connectivity index (χ4v) is 2.29. The lowest BCUT2D eigenvalue weighted by molar-refractivity contribution is 0.102. The molecule has 0 atom stereocenters. The maximum Gasteiger partial charge on any atom is 0.255 e. The molecular formula is C17H16N2O. The Labute approximate surface area is 118 Å². The Balaban J connectivity index is 2.31. The Kier molecular flexibility index (Phi) is 3.86. The van der Waals surface area contributed by atoms with Crippen LogP contribution in [0.3, 0.4) is 0 Å². The number of hydrogen-bond acceptors (Lipinski definition) is 2. The van der Waals surface area contributed by atoms with Crippen molar-refractivity contribution >= 4 is 11.6 Å². The van der Waals surface area contributed by atoms with Crippen LogP contribution in [0.15, 0.2) is 36.4 Å². The highest BCUT2D eigenvalue weighted by molar-refractivity contribution is 6.05. The van der Waals surface area contributed by atoms with Crippen molar-refractivity contribution in [3.63, 3.8) is 0 Å². The number of anilines is 1. The lowest BCUT2D eigenvalue weighted by Gasteiger charge is -2.13. The average molecular weight is 264 g/mol. The van der Waals surface area contributed by atoms with Crippen molar-refractivity contribution in [1.82, 2.24) is 0 Å². The van der Waals surface area contributed by atoms with E-state index in [4.69, 9.17) is 5.26 Å². The predicted octanol–water partition coefficient (Wildman–Crippen LogP) is 3.74. The second kappa shape index (κ2) is 5.58. The summed E-state index contributed by atoms with van der Waals surface area (Å²) in [4.78, 5) is 12.3. The van der Waals surface area contributed by atoms with Gasteiger partial charge in [0, 0.05) is 11.3 Å². The van der Waals surface area contributed by atoms with Gasteiger partial charge in [-0.25, -0.2) is 0 Å². The monoisotopic (exact) mass is 264 g/mol. The Hall–Kier alpha value is -2.60. The van der Waals surface area contributed by atoms with E-state index in [-0.39, 0.29) is 5.91 Å². The highest BCUT2D eigenvalue weighted by Gasteiger charge is 2.10. The molecule has 1 N–H and O–H groups in total. The van der Waals surface area contributed by atoms with Crippen LogP contribution in [0.1, 0.15) is 32.6 Å². The van der Waals surface area contributed by atoms with Crippen molar-refractivity contribution < 1.29 is 4.79 Å². The zero-order valence-electron chi connectivity index (χ0n) is 11.8. The minimum atomic E-state index is -0.197. The van der Waals surface area contributed by atoms with Gasteiger partial charge >= 0.3 is 0 Å². The van der Waals surface area contributed by atoms with Crippen molar-refractivity contribution in [2.45, 2.75) is 20.8 Å². The maximum atomic E-state index is 12.3. The van der Waals surface area contributed by atoms with Gasteiger partial charge in [-0.05, 0) is 50.1 Å². The number of amides is 1.